The van der Waals surface area contributed by atoms with Crippen LogP contribution >= 0.6 is 0 Å². The van der Waals surface area contributed by atoms with E-state index in [2.05, 4.69) is 31.2 Å². The molecule has 0 unspecified atom stereocenters. The topological polar surface area (TPSA) is 0 Å². The number of aryl methyl sites for hydroxylation is 1. The zero-order chi connectivity index (χ0) is 7.68. The van der Waals surface area contributed by atoms with E-state index in [0.29, 0.717) is 0 Å². The van der Waals surface area contributed by atoms with E-state index in [4.69, 9.17) is 0 Å². The second-order valence-electron chi connectivity index (χ2n) is 3.34. The molecule has 58 valence electrons. The molecule has 0 nitrogen and oxygen atoms in total. The highest BCUT2D eigenvalue weighted by Gasteiger charge is 2.19. The Morgan fingerprint density at radius 3 is 3.00 bits per heavy atom. The van der Waals surface area contributed by atoms with Gasteiger partial charge in [-0.05, 0) is 36.3 Å². The molecule has 1 aromatic rings. The Kier molecular flexibility index (Phi) is 1.69. The summed E-state index contributed by atoms with van der Waals surface area (Å²) in [6.07, 6.45) is 3.97. The van der Waals surface area contributed by atoms with E-state index >= 15 is 0 Å². The first kappa shape index (κ1) is 6.90. The van der Waals surface area contributed by atoms with E-state index in [1.807, 2.05) is 0 Å². The predicted molar refractivity (Wildman–Crippen MR) is 47.8 cm³/mol. The highest BCUT2D eigenvalue weighted by molar-refractivity contribution is 5.34. The van der Waals surface area contributed by atoms with Crippen molar-refractivity contribution in [3.05, 3.63) is 35.4 Å². The summed E-state index contributed by atoms with van der Waals surface area (Å²) in [5, 5.41) is 0. The Morgan fingerprint density at radius 2 is 2.18 bits per heavy atom. The lowest BCUT2D eigenvalue weighted by atomic mass is 9.99. The monoisotopic (exact) mass is 146 g/mol. The summed E-state index contributed by atoms with van der Waals surface area (Å²) < 4.78 is 0. The van der Waals surface area contributed by atoms with Gasteiger partial charge in [-0.15, -0.1) is 0 Å². The highest BCUT2D eigenvalue weighted by atomic mass is 14.2. The van der Waals surface area contributed by atoms with Gasteiger partial charge in [-0.25, -0.2) is 0 Å². The number of hydrogen-bond donors (Lipinski definition) is 0. The Morgan fingerprint density at radius 1 is 1.36 bits per heavy atom. The van der Waals surface area contributed by atoms with Crippen LogP contribution in [0.3, 0.4) is 0 Å². The maximum Gasteiger partial charge on any atom is -0.0159 e. The van der Waals surface area contributed by atoms with Crippen LogP contribution in [0.1, 0.15) is 36.8 Å². The van der Waals surface area contributed by atoms with E-state index in [1.54, 1.807) is 11.1 Å². The normalized spacial score (nSPS) is 21.7. The standard InChI is InChI=1S/C11H14/c1-2-9-7-8-10-5-3-4-6-11(9)10/h3-6,9H,2,7-8H2,1H3/t9-/m1/s1. The van der Waals surface area contributed by atoms with Crippen molar-refractivity contribution in [2.45, 2.75) is 32.1 Å². The lowest BCUT2D eigenvalue weighted by molar-refractivity contribution is 0.656. The molecule has 0 aromatic heterocycles. The van der Waals surface area contributed by atoms with Crippen molar-refractivity contribution in [3.8, 4) is 0 Å². The van der Waals surface area contributed by atoms with Gasteiger partial charge in [0.1, 0.15) is 0 Å². The molecule has 1 atom stereocenters. The van der Waals surface area contributed by atoms with Gasteiger partial charge in [0.25, 0.3) is 0 Å². The molecule has 0 amide bonds. The maximum absolute atomic E-state index is 2.29. The van der Waals surface area contributed by atoms with Crippen LogP contribution in [-0.2, 0) is 6.42 Å². The zero-order valence-corrected chi connectivity index (χ0v) is 7.01. The summed E-state index contributed by atoms with van der Waals surface area (Å²) in [6.45, 7) is 2.28. The minimum Gasteiger partial charge on any atom is -0.0648 e. The fraction of sp³-hybridized carbons (Fsp3) is 0.455. The van der Waals surface area contributed by atoms with Gasteiger partial charge in [0, 0.05) is 0 Å². The second-order valence-corrected chi connectivity index (χ2v) is 3.34. The first-order chi connectivity index (χ1) is 5.42. The van der Waals surface area contributed by atoms with Crippen LogP contribution in [0.4, 0.5) is 0 Å². The summed E-state index contributed by atoms with van der Waals surface area (Å²) in [6, 6.07) is 8.87. The molecule has 0 saturated heterocycles. The summed E-state index contributed by atoms with van der Waals surface area (Å²) in [5.41, 5.74) is 3.19. The average Bonchev–Trinajstić information content (AvgIpc) is 2.47. The molecule has 0 saturated carbocycles. The van der Waals surface area contributed by atoms with Gasteiger partial charge in [0.05, 0.1) is 0 Å². The smallest absolute Gasteiger partial charge is 0.0159 e. The number of rotatable bonds is 1. The largest absolute Gasteiger partial charge is 0.0648 e. The van der Waals surface area contributed by atoms with Crippen LogP contribution in [0.25, 0.3) is 0 Å². The van der Waals surface area contributed by atoms with Crippen LogP contribution in [-0.4, -0.2) is 0 Å². The quantitative estimate of drug-likeness (QED) is 0.571. The minimum atomic E-state index is 0.853. The van der Waals surface area contributed by atoms with Crippen molar-refractivity contribution < 1.29 is 0 Å². The Balaban J connectivity index is 2.39. The lowest BCUT2D eigenvalue weighted by Gasteiger charge is -2.06. The van der Waals surface area contributed by atoms with Crippen LogP contribution < -0.4 is 0 Å². The summed E-state index contributed by atoms with van der Waals surface area (Å²) >= 11 is 0. The SMILES string of the molecule is CC[C@@H]1CCc2ccccc21. The molecule has 0 N–H and O–H groups in total. The molecule has 0 aliphatic heterocycles. The molecule has 0 heterocycles. The van der Waals surface area contributed by atoms with E-state index in [-0.39, 0.29) is 0 Å². The fourth-order valence-corrected chi connectivity index (χ4v) is 2.07. The van der Waals surface area contributed by atoms with Crippen molar-refractivity contribution in [2.24, 2.45) is 0 Å². The summed E-state index contributed by atoms with van der Waals surface area (Å²) in [5.74, 6) is 0.853. The van der Waals surface area contributed by atoms with Gasteiger partial charge in [-0.2, -0.15) is 0 Å². The molecule has 0 spiro atoms. The molecule has 1 aliphatic rings. The predicted octanol–water partition coefficient (Wildman–Crippen LogP) is 3.13. The molecular weight excluding hydrogens is 132 g/mol. The third-order valence-corrected chi connectivity index (χ3v) is 2.75. The van der Waals surface area contributed by atoms with Gasteiger partial charge >= 0.3 is 0 Å². The number of benzene rings is 1. The van der Waals surface area contributed by atoms with Gasteiger partial charge in [-0.3, -0.25) is 0 Å². The van der Waals surface area contributed by atoms with Crippen molar-refractivity contribution in [3.63, 3.8) is 0 Å². The summed E-state index contributed by atoms with van der Waals surface area (Å²) in [7, 11) is 0. The van der Waals surface area contributed by atoms with Gasteiger partial charge in [-0.1, -0.05) is 31.2 Å². The van der Waals surface area contributed by atoms with Gasteiger partial charge < -0.3 is 0 Å². The zero-order valence-electron chi connectivity index (χ0n) is 7.01. The molecule has 0 fully saturated rings. The van der Waals surface area contributed by atoms with Crippen LogP contribution in [0.2, 0.25) is 0 Å². The average molecular weight is 146 g/mol. The third kappa shape index (κ3) is 1.07. The Labute approximate surface area is 68.3 Å². The molecule has 1 aromatic carbocycles. The molecule has 0 heteroatoms. The first-order valence-electron chi connectivity index (χ1n) is 4.49. The Hall–Kier alpha value is -0.780. The third-order valence-electron chi connectivity index (χ3n) is 2.75. The van der Waals surface area contributed by atoms with Crippen molar-refractivity contribution in [1.82, 2.24) is 0 Å². The number of hydrogen-bond acceptors (Lipinski definition) is 0. The minimum absolute atomic E-state index is 0.853. The Bertz CT molecular complexity index is 250. The van der Waals surface area contributed by atoms with Crippen molar-refractivity contribution >= 4 is 0 Å². The molecule has 0 bridgehead atoms. The van der Waals surface area contributed by atoms with Crippen molar-refractivity contribution in [2.75, 3.05) is 0 Å². The van der Waals surface area contributed by atoms with E-state index < -0.39 is 0 Å². The summed E-state index contributed by atoms with van der Waals surface area (Å²) in [4.78, 5) is 0. The van der Waals surface area contributed by atoms with Crippen LogP contribution in [0.15, 0.2) is 24.3 Å². The van der Waals surface area contributed by atoms with Crippen LogP contribution in [0.5, 0.6) is 0 Å². The molecule has 11 heavy (non-hydrogen) atoms. The van der Waals surface area contributed by atoms with E-state index in [9.17, 15) is 0 Å². The van der Waals surface area contributed by atoms with Gasteiger partial charge in [0.15, 0.2) is 0 Å². The molecule has 0 radical (unpaired) electrons. The fourth-order valence-electron chi connectivity index (χ4n) is 2.07. The van der Waals surface area contributed by atoms with E-state index in [0.717, 1.165) is 5.92 Å². The lowest BCUT2D eigenvalue weighted by Crippen LogP contribution is -1.88. The molecular formula is C11H14. The molecule has 1 aliphatic carbocycles. The highest BCUT2D eigenvalue weighted by Crippen LogP contribution is 2.34. The molecule has 2 rings (SSSR count). The van der Waals surface area contributed by atoms with E-state index in [1.165, 1.54) is 19.3 Å². The first-order valence-corrected chi connectivity index (χ1v) is 4.49. The number of fused-ring (bicyclic) bond motifs is 1. The maximum atomic E-state index is 2.29. The van der Waals surface area contributed by atoms with Gasteiger partial charge in [0.2, 0.25) is 0 Å². The van der Waals surface area contributed by atoms with Crippen LogP contribution in [0, 0.1) is 0 Å². The second kappa shape index (κ2) is 2.69. The van der Waals surface area contributed by atoms with Crippen molar-refractivity contribution in [1.29, 1.82) is 0 Å².